The lowest BCUT2D eigenvalue weighted by atomic mass is 9.84. The summed E-state index contributed by atoms with van der Waals surface area (Å²) in [4.78, 5) is 77.6. The smallest absolute Gasteiger partial charge is 0.409 e. The van der Waals surface area contributed by atoms with Crippen LogP contribution in [0.15, 0.2) is 54.9 Å². The van der Waals surface area contributed by atoms with E-state index in [1.807, 2.05) is 45.2 Å². The molecule has 346 valence electrons. The number of ether oxygens (including phenoxy) is 2. The van der Waals surface area contributed by atoms with Crippen molar-refractivity contribution in [2.45, 2.75) is 105 Å². The molecule has 3 aliphatic rings. The van der Waals surface area contributed by atoms with Gasteiger partial charge in [0.05, 0.1) is 24.8 Å². The molecule has 65 heavy (non-hydrogen) atoms. The van der Waals surface area contributed by atoms with E-state index in [9.17, 15) is 29.1 Å². The first kappa shape index (κ1) is 47.0. The average molecular weight is 891 g/mol. The van der Waals surface area contributed by atoms with Crippen LogP contribution in [0.2, 0.25) is 0 Å². The number of cyclic esters (lactones) is 1. The third kappa shape index (κ3) is 9.58. The SMILES string of the molecule is C=[N+](C(=O)[C@H](C(C)C)N(C)C(=O)[C@H]1CC(=O)N(CC)C1)[C@H]1Cc2cc(O)cc(c2)-c2ccc3c(c2)c(c(-c2cnccc2COC)n3CC)CC(C)(C)COC(=O)[C@@H]2CCCN(N2)C1=O. The highest BCUT2D eigenvalue weighted by Gasteiger charge is 2.46. The first-order valence-electron chi connectivity index (χ1n) is 22.8. The zero-order chi connectivity index (χ0) is 46.9. The number of carbonyl (C=O) groups excluding carboxylic acids is 5. The molecule has 2 N–H and O–H groups in total. The number of fused-ring (bicyclic) bond motifs is 6. The molecule has 15 heteroatoms. The van der Waals surface area contributed by atoms with Crippen LogP contribution in [-0.2, 0) is 59.4 Å². The number of pyridine rings is 1. The van der Waals surface area contributed by atoms with Crippen LogP contribution in [0.25, 0.3) is 33.3 Å². The molecule has 0 saturated carbocycles. The van der Waals surface area contributed by atoms with Crippen molar-refractivity contribution in [1.82, 2.24) is 29.8 Å². The van der Waals surface area contributed by atoms with Crippen molar-refractivity contribution < 1.29 is 43.1 Å². The van der Waals surface area contributed by atoms with E-state index < -0.39 is 47.2 Å². The fourth-order valence-corrected chi connectivity index (χ4v) is 9.93. The van der Waals surface area contributed by atoms with E-state index in [0.717, 1.165) is 43.4 Å². The lowest BCUT2D eigenvalue weighted by Gasteiger charge is -2.35. The fourth-order valence-electron chi connectivity index (χ4n) is 9.93. The van der Waals surface area contributed by atoms with E-state index in [0.29, 0.717) is 50.1 Å². The largest absolute Gasteiger partial charge is 0.508 e. The van der Waals surface area contributed by atoms with Crippen molar-refractivity contribution in [3.8, 4) is 28.1 Å². The molecular weight excluding hydrogens is 827 g/mol. The van der Waals surface area contributed by atoms with Crippen LogP contribution in [0.3, 0.4) is 0 Å². The lowest BCUT2D eigenvalue weighted by molar-refractivity contribution is -0.472. The van der Waals surface area contributed by atoms with Gasteiger partial charge in [0.15, 0.2) is 6.04 Å². The van der Waals surface area contributed by atoms with Crippen molar-refractivity contribution in [3.63, 3.8) is 0 Å². The second kappa shape index (κ2) is 19.3. The summed E-state index contributed by atoms with van der Waals surface area (Å²) in [7, 11) is 3.23. The number of hydrogen-bond acceptors (Lipinski definition) is 10. The Labute approximate surface area is 381 Å². The minimum absolute atomic E-state index is 0.0237. The Morgan fingerprint density at radius 2 is 1.85 bits per heavy atom. The Kier molecular flexibility index (Phi) is 13.9. The summed E-state index contributed by atoms with van der Waals surface area (Å²) in [6.45, 7) is 18.1. The molecule has 4 amide bonds. The van der Waals surface area contributed by atoms with Crippen molar-refractivity contribution >= 4 is 47.2 Å². The maximum atomic E-state index is 14.9. The molecule has 2 saturated heterocycles. The second-order valence-electron chi connectivity index (χ2n) is 18.9. The summed E-state index contributed by atoms with van der Waals surface area (Å²) in [6, 6.07) is 10.3. The Hall–Kier alpha value is -5.93. The average Bonchev–Trinajstić information content (AvgIpc) is 3.81. The predicted molar refractivity (Wildman–Crippen MR) is 247 cm³/mol. The Morgan fingerprint density at radius 3 is 2.54 bits per heavy atom. The van der Waals surface area contributed by atoms with Crippen molar-refractivity contribution in [3.05, 3.63) is 71.5 Å². The third-order valence-corrected chi connectivity index (χ3v) is 13.2. The van der Waals surface area contributed by atoms with E-state index in [2.05, 4.69) is 54.6 Å². The summed E-state index contributed by atoms with van der Waals surface area (Å²) in [5, 5.41) is 13.7. The first-order chi connectivity index (χ1) is 31.0. The zero-order valence-corrected chi connectivity index (χ0v) is 39.1. The van der Waals surface area contributed by atoms with Crippen LogP contribution in [0.4, 0.5) is 0 Å². The molecule has 4 aromatic rings. The third-order valence-electron chi connectivity index (χ3n) is 13.2. The Morgan fingerprint density at radius 1 is 1.08 bits per heavy atom. The van der Waals surface area contributed by atoms with Gasteiger partial charge in [0.1, 0.15) is 18.5 Å². The number of phenolic OH excluding ortho intramolecular Hbond substituents is 1. The van der Waals surface area contributed by atoms with Gasteiger partial charge in [-0.1, -0.05) is 39.8 Å². The molecule has 2 aromatic heterocycles. The molecule has 5 heterocycles. The molecule has 4 atom stereocenters. The molecular formula is C50H64N7O8+. The number of amides is 4. The molecule has 0 unspecified atom stereocenters. The van der Waals surface area contributed by atoms with Crippen LogP contribution in [0.1, 0.15) is 77.5 Å². The highest BCUT2D eigenvalue weighted by Crippen LogP contribution is 2.41. The zero-order valence-electron chi connectivity index (χ0n) is 39.1. The van der Waals surface area contributed by atoms with Gasteiger partial charge < -0.3 is 28.9 Å². The van der Waals surface area contributed by atoms with Crippen LogP contribution in [0.5, 0.6) is 5.75 Å². The minimum atomic E-state index is -1.22. The van der Waals surface area contributed by atoms with Gasteiger partial charge in [-0.15, -0.1) is 0 Å². The molecule has 6 bridgehead atoms. The molecule has 0 aliphatic carbocycles. The molecule has 3 aliphatic heterocycles. The molecule has 0 spiro atoms. The molecule has 2 aromatic carbocycles. The standard InChI is InChI=1S/C50H63N7O8/c1-10-55-27-35(24-43(55)59)46(60)54(8)44(30(3)4)48(62)53(7)42-21-31-19-34(22-36(58)20-31)32-14-15-41-37(23-32)38(45(56(41)11-2)39-26-51-17-16-33(39)28-64-9)25-50(5,6)29-65-49(63)40-13-12-18-57(52-40)47(42)61/h14-17,19-20,22-23,26,30,35,40,42,44,52H,7,10-13,18,21,24-25,27-29H2,1-6,8-9H3/p+1/t35-,40-,42-,44-/m0/s1. The number of methoxy groups -OCH3 is 1. The van der Waals surface area contributed by atoms with Crippen molar-refractivity contribution in [2.24, 2.45) is 17.3 Å². The number of aromatic nitrogens is 2. The Bertz CT molecular complexity index is 2510. The molecule has 2 fully saturated rings. The minimum Gasteiger partial charge on any atom is -0.508 e. The number of rotatable bonds is 10. The summed E-state index contributed by atoms with van der Waals surface area (Å²) < 4.78 is 15.2. The number of nitrogens with zero attached hydrogens (tertiary/aromatic N) is 6. The van der Waals surface area contributed by atoms with Crippen LogP contribution in [-0.4, -0.2) is 129 Å². The van der Waals surface area contributed by atoms with Crippen molar-refractivity contribution in [2.75, 3.05) is 40.4 Å². The Balaban J connectivity index is 1.34. The second-order valence-corrected chi connectivity index (χ2v) is 18.9. The quantitative estimate of drug-likeness (QED) is 0.120. The summed E-state index contributed by atoms with van der Waals surface area (Å²) in [5.41, 5.74) is 9.66. The maximum Gasteiger partial charge on any atom is 0.409 e. The normalized spacial score (nSPS) is 20.8. The van der Waals surface area contributed by atoms with Gasteiger partial charge in [0.25, 0.3) is 0 Å². The van der Waals surface area contributed by atoms with E-state index >= 15 is 0 Å². The van der Waals surface area contributed by atoms with Gasteiger partial charge in [-0.25, -0.2) is 10.2 Å². The molecule has 15 nitrogen and oxygen atoms in total. The van der Waals surface area contributed by atoms with Crippen LogP contribution < -0.4 is 5.43 Å². The summed E-state index contributed by atoms with van der Waals surface area (Å²) >= 11 is 0. The predicted octanol–water partition coefficient (Wildman–Crippen LogP) is 5.37. The topological polar surface area (TPSA) is 167 Å². The van der Waals surface area contributed by atoms with Gasteiger partial charge in [0, 0.05) is 87.5 Å². The van der Waals surface area contributed by atoms with Gasteiger partial charge >= 0.3 is 17.8 Å². The molecule has 0 radical (unpaired) electrons. The highest BCUT2D eigenvalue weighted by molar-refractivity contribution is 5.96. The number of likely N-dealkylation sites (tertiary alicyclic amines) is 1. The number of hydrogen-bond donors (Lipinski definition) is 2. The van der Waals surface area contributed by atoms with Gasteiger partial charge in [0.2, 0.25) is 17.9 Å². The number of likely N-dealkylation sites (N-methyl/N-ethyl adjacent to an activating group) is 1. The number of aromatic hydroxyl groups is 1. The lowest BCUT2D eigenvalue weighted by Crippen LogP contribution is -2.61. The molecule has 7 rings (SSSR count). The summed E-state index contributed by atoms with van der Waals surface area (Å²) in [6.07, 6.45) is 5.11. The van der Waals surface area contributed by atoms with E-state index in [1.54, 1.807) is 37.4 Å². The van der Waals surface area contributed by atoms with Crippen molar-refractivity contribution in [1.29, 1.82) is 0 Å². The number of nitrogens with one attached hydrogen (secondary N) is 1. The van der Waals surface area contributed by atoms with E-state index in [4.69, 9.17) is 9.47 Å². The number of carbonyl (C=O) groups is 5. The van der Waals surface area contributed by atoms with Gasteiger partial charge in [-0.3, -0.25) is 29.2 Å². The van der Waals surface area contributed by atoms with Crippen LogP contribution >= 0.6 is 0 Å². The fraction of sp³-hybridized carbons (Fsp3) is 0.500. The maximum absolute atomic E-state index is 14.9. The van der Waals surface area contributed by atoms with E-state index in [1.165, 1.54) is 9.91 Å². The van der Waals surface area contributed by atoms with Gasteiger partial charge in [-0.2, -0.15) is 4.58 Å². The number of benzene rings is 2. The van der Waals surface area contributed by atoms with E-state index in [-0.39, 0.29) is 56.0 Å². The van der Waals surface area contributed by atoms with Crippen LogP contribution in [0, 0.1) is 17.3 Å². The number of esters is 1. The monoisotopic (exact) mass is 890 g/mol. The first-order valence-corrected chi connectivity index (χ1v) is 22.8. The van der Waals surface area contributed by atoms with Gasteiger partial charge in [-0.05, 0) is 97.2 Å². The number of hydrazine groups is 1. The summed E-state index contributed by atoms with van der Waals surface area (Å²) in [5.74, 6) is -3.00. The number of phenols is 1. The number of aryl methyl sites for hydroxylation is 1. The highest BCUT2D eigenvalue weighted by atomic mass is 16.5.